The zero-order chi connectivity index (χ0) is 20.5. The first-order valence-corrected chi connectivity index (χ1v) is 10.3. The Morgan fingerprint density at radius 2 is 1.90 bits per heavy atom. The summed E-state index contributed by atoms with van der Waals surface area (Å²) in [4.78, 5) is 1.17. The lowest BCUT2D eigenvalue weighted by Gasteiger charge is -2.25. The van der Waals surface area contributed by atoms with Gasteiger partial charge in [0.2, 0.25) is 0 Å². The zero-order valence-corrected chi connectivity index (χ0v) is 17.0. The van der Waals surface area contributed by atoms with Crippen molar-refractivity contribution in [1.29, 1.82) is 0 Å². The predicted molar refractivity (Wildman–Crippen MR) is 110 cm³/mol. The quantitative estimate of drug-likeness (QED) is 0.532. The second-order valence-corrected chi connectivity index (χ2v) is 7.58. The summed E-state index contributed by atoms with van der Waals surface area (Å²) in [5.41, 5.74) is 1.84. The van der Waals surface area contributed by atoms with E-state index in [-0.39, 0.29) is 12.7 Å². The molecule has 3 rings (SSSR count). The topological polar surface area (TPSA) is 72.6 Å². The van der Waals surface area contributed by atoms with Gasteiger partial charge in [0.25, 0.3) is 0 Å². The Morgan fingerprint density at radius 1 is 1.14 bits per heavy atom. The largest absolute Gasteiger partial charge is 0.507 e. The monoisotopic (exact) mass is 402 g/mol. The van der Waals surface area contributed by atoms with Crippen molar-refractivity contribution in [3.8, 4) is 11.5 Å². The number of aliphatic hydroxyl groups is 1. The molecule has 1 aliphatic heterocycles. The van der Waals surface area contributed by atoms with E-state index in [1.165, 1.54) is 4.90 Å². The second kappa shape index (κ2) is 11.2. The molecule has 1 unspecified atom stereocenters. The number of aromatic hydroxyl groups is 1. The molecular formula is C23H32NO5+. The first-order chi connectivity index (χ1) is 14.2. The average molecular weight is 403 g/mol. The van der Waals surface area contributed by atoms with Crippen LogP contribution in [0.4, 0.5) is 0 Å². The van der Waals surface area contributed by atoms with Crippen molar-refractivity contribution in [3.05, 3.63) is 59.7 Å². The summed E-state index contributed by atoms with van der Waals surface area (Å²) in [6.07, 6.45) is 1.73. The Labute approximate surface area is 172 Å². The van der Waals surface area contributed by atoms with Crippen molar-refractivity contribution in [2.75, 3.05) is 33.4 Å². The molecule has 2 aromatic carbocycles. The number of rotatable bonds is 11. The number of quaternary nitrogens is 1. The van der Waals surface area contributed by atoms with E-state index in [4.69, 9.17) is 14.2 Å². The molecule has 0 bridgehead atoms. The van der Waals surface area contributed by atoms with Gasteiger partial charge in [-0.2, -0.15) is 0 Å². The van der Waals surface area contributed by atoms with Crippen LogP contribution in [0.2, 0.25) is 0 Å². The highest BCUT2D eigenvalue weighted by atomic mass is 16.5. The molecular weight excluding hydrogens is 370 g/mol. The van der Waals surface area contributed by atoms with Gasteiger partial charge < -0.3 is 29.3 Å². The first kappa shape index (κ1) is 21.6. The lowest BCUT2D eigenvalue weighted by Crippen LogP contribution is -3.13. The third-order valence-corrected chi connectivity index (χ3v) is 5.26. The van der Waals surface area contributed by atoms with Crippen molar-refractivity contribution in [2.24, 2.45) is 0 Å². The first-order valence-electron chi connectivity index (χ1n) is 10.3. The van der Waals surface area contributed by atoms with E-state index in [2.05, 4.69) is 0 Å². The van der Waals surface area contributed by atoms with Crippen LogP contribution in [0.25, 0.3) is 0 Å². The van der Waals surface area contributed by atoms with Crippen LogP contribution in [0.3, 0.4) is 0 Å². The van der Waals surface area contributed by atoms with Crippen LogP contribution in [0.15, 0.2) is 48.5 Å². The summed E-state index contributed by atoms with van der Waals surface area (Å²) in [5, 5.41) is 20.7. The molecule has 1 fully saturated rings. The zero-order valence-electron chi connectivity index (χ0n) is 17.0. The van der Waals surface area contributed by atoms with Crippen LogP contribution >= 0.6 is 0 Å². The highest BCUT2D eigenvalue weighted by Crippen LogP contribution is 2.18. The predicted octanol–water partition coefficient (Wildman–Crippen LogP) is 1.54. The number of methoxy groups -OCH3 is 1. The van der Waals surface area contributed by atoms with Crippen molar-refractivity contribution < 1.29 is 29.3 Å². The molecule has 1 aliphatic rings. The number of aliphatic hydroxyl groups excluding tert-OH is 1. The minimum absolute atomic E-state index is 0.206. The van der Waals surface area contributed by atoms with Crippen LogP contribution in [0.1, 0.15) is 24.0 Å². The number of nitrogens with one attached hydrogen (secondary N) is 1. The van der Waals surface area contributed by atoms with E-state index in [1.54, 1.807) is 13.2 Å². The third-order valence-electron chi connectivity index (χ3n) is 5.26. The van der Waals surface area contributed by atoms with Crippen LogP contribution in [-0.2, 0) is 22.6 Å². The highest BCUT2D eigenvalue weighted by Gasteiger charge is 2.25. The van der Waals surface area contributed by atoms with E-state index in [0.29, 0.717) is 25.4 Å². The van der Waals surface area contributed by atoms with Gasteiger partial charge in [0.05, 0.1) is 20.3 Å². The van der Waals surface area contributed by atoms with E-state index in [9.17, 15) is 10.2 Å². The molecule has 1 saturated heterocycles. The number of phenolic OH excluding ortho intramolecular Hbond substituents is 1. The fourth-order valence-corrected chi connectivity index (χ4v) is 3.80. The third kappa shape index (κ3) is 6.72. The number of benzene rings is 2. The summed E-state index contributed by atoms with van der Waals surface area (Å²) in [6.45, 7) is 3.41. The van der Waals surface area contributed by atoms with E-state index in [0.717, 1.165) is 42.9 Å². The number of ether oxygens (including phenoxy) is 3. The van der Waals surface area contributed by atoms with Gasteiger partial charge in [-0.1, -0.05) is 30.3 Å². The van der Waals surface area contributed by atoms with Gasteiger partial charge in [-0.3, -0.25) is 0 Å². The summed E-state index contributed by atoms with van der Waals surface area (Å²) < 4.78 is 16.9. The van der Waals surface area contributed by atoms with Crippen LogP contribution in [0.5, 0.6) is 11.5 Å². The molecule has 0 saturated carbocycles. The van der Waals surface area contributed by atoms with Crippen LogP contribution in [0, 0.1) is 0 Å². The molecule has 0 aliphatic carbocycles. The molecule has 158 valence electrons. The Hall–Kier alpha value is -2.12. The molecule has 0 radical (unpaired) electrons. The van der Waals surface area contributed by atoms with Gasteiger partial charge in [-0.15, -0.1) is 0 Å². The molecule has 3 atom stereocenters. The molecule has 3 N–H and O–H groups in total. The number of phenols is 1. The van der Waals surface area contributed by atoms with Gasteiger partial charge in [-0.25, -0.2) is 0 Å². The van der Waals surface area contributed by atoms with Crippen molar-refractivity contribution in [2.45, 2.75) is 38.2 Å². The summed E-state index contributed by atoms with van der Waals surface area (Å²) >= 11 is 0. The highest BCUT2D eigenvalue weighted by molar-refractivity contribution is 5.32. The van der Waals surface area contributed by atoms with Gasteiger partial charge in [-0.05, 0) is 31.0 Å². The lowest BCUT2D eigenvalue weighted by molar-refractivity contribution is -0.919. The van der Waals surface area contributed by atoms with E-state index >= 15 is 0 Å². The van der Waals surface area contributed by atoms with Crippen LogP contribution in [-0.4, -0.2) is 55.8 Å². The summed E-state index contributed by atoms with van der Waals surface area (Å²) in [5.74, 6) is 1.08. The standard InChI is InChI=1S/C23H31NO5/c1-27-23-11-5-3-8-19(23)16-28-17-20(25)14-24(15-21-9-6-12-29-21)13-18-7-2-4-10-22(18)26/h2-5,7-8,10-11,20-21,25-26H,6,9,12-17H2,1H3/p+1/t20-,21+/m1/s1. The Bertz CT molecular complexity index is 748. The Balaban J connectivity index is 1.53. The molecule has 1 heterocycles. The number of para-hydroxylation sites is 2. The fraction of sp³-hybridized carbons (Fsp3) is 0.478. The van der Waals surface area contributed by atoms with Crippen molar-refractivity contribution in [3.63, 3.8) is 0 Å². The average Bonchev–Trinajstić information content (AvgIpc) is 3.23. The molecule has 29 heavy (non-hydrogen) atoms. The smallest absolute Gasteiger partial charge is 0.126 e. The van der Waals surface area contributed by atoms with Gasteiger partial charge >= 0.3 is 0 Å². The molecule has 6 heteroatoms. The molecule has 0 aromatic heterocycles. The van der Waals surface area contributed by atoms with Crippen molar-refractivity contribution >= 4 is 0 Å². The molecule has 0 spiro atoms. The fourth-order valence-electron chi connectivity index (χ4n) is 3.80. The molecule has 2 aromatic rings. The maximum absolute atomic E-state index is 10.6. The van der Waals surface area contributed by atoms with Gasteiger partial charge in [0.15, 0.2) is 0 Å². The molecule has 0 amide bonds. The van der Waals surface area contributed by atoms with E-state index < -0.39 is 6.10 Å². The lowest BCUT2D eigenvalue weighted by atomic mass is 10.1. The number of hydrogen-bond acceptors (Lipinski definition) is 5. The maximum Gasteiger partial charge on any atom is 0.126 e. The Kier molecular flexibility index (Phi) is 8.31. The summed E-state index contributed by atoms with van der Waals surface area (Å²) in [6, 6.07) is 15.1. The molecule has 6 nitrogen and oxygen atoms in total. The number of hydrogen-bond donors (Lipinski definition) is 3. The Morgan fingerprint density at radius 3 is 2.62 bits per heavy atom. The SMILES string of the molecule is COc1ccccc1COC[C@H](O)C[NH+](Cc1ccccc1O)C[C@@H]1CCCO1. The van der Waals surface area contributed by atoms with Gasteiger partial charge in [0.1, 0.15) is 43.3 Å². The van der Waals surface area contributed by atoms with Gasteiger partial charge in [0, 0.05) is 17.7 Å². The van der Waals surface area contributed by atoms with Crippen LogP contribution < -0.4 is 9.64 Å². The maximum atomic E-state index is 10.6. The second-order valence-electron chi connectivity index (χ2n) is 7.58. The minimum atomic E-state index is -0.605. The normalized spacial score (nSPS) is 18.5. The minimum Gasteiger partial charge on any atom is -0.507 e. The summed E-state index contributed by atoms with van der Waals surface area (Å²) in [7, 11) is 1.64. The van der Waals surface area contributed by atoms with Crippen molar-refractivity contribution in [1.82, 2.24) is 0 Å². The van der Waals surface area contributed by atoms with E-state index in [1.807, 2.05) is 42.5 Å².